The Morgan fingerprint density at radius 3 is 2.56 bits per heavy atom. The Labute approximate surface area is 106 Å². The molecule has 0 saturated carbocycles. The summed E-state index contributed by atoms with van der Waals surface area (Å²) in [5.74, 6) is -0.462. The summed E-state index contributed by atoms with van der Waals surface area (Å²) in [6, 6.07) is 1.38. The third-order valence-electron chi connectivity index (χ3n) is 3.20. The second-order valence-electron chi connectivity index (χ2n) is 4.51. The van der Waals surface area contributed by atoms with E-state index in [0.29, 0.717) is 18.5 Å². The zero-order valence-electron chi connectivity index (χ0n) is 11.0. The molecule has 0 aliphatic rings. The highest BCUT2D eigenvalue weighted by Gasteiger charge is 2.23. The SMILES string of the molecule is CCC(O)(CC)CNC(=O)c1c[nH]c(C)cc1=O. The van der Waals surface area contributed by atoms with Gasteiger partial charge in [0.1, 0.15) is 5.56 Å². The van der Waals surface area contributed by atoms with Crippen molar-refractivity contribution >= 4 is 5.91 Å². The van der Waals surface area contributed by atoms with Crippen LogP contribution < -0.4 is 10.7 Å². The van der Waals surface area contributed by atoms with Crippen molar-refractivity contribution in [3.63, 3.8) is 0 Å². The average Bonchev–Trinajstić information content (AvgIpc) is 2.35. The second kappa shape index (κ2) is 5.82. The maximum atomic E-state index is 11.8. The van der Waals surface area contributed by atoms with Gasteiger partial charge in [-0.05, 0) is 19.8 Å². The summed E-state index contributed by atoms with van der Waals surface area (Å²) < 4.78 is 0. The van der Waals surface area contributed by atoms with Crippen LogP contribution in [0, 0.1) is 6.92 Å². The Balaban J connectivity index is 2.75. The standard InChI is InChI=1S/C13H20N2O3/c1-4-13(18,5-2)8-15-12(17)10-7-14-9(3)6-11(10)16/h6-7,18H,4-5,8H2,1-3H3,(H,14,16)(H,15,17). The minimum absolute atomic E-state index is 0.0650. The zero-order chi connectivity index (χ0) is 13.8. The molecule has 0 bridgehead atoms. The molecule has 5 nitrogen and oxygen atoms in total. The molecule has 0 atom stereocenters. The Morgan fingerprint density at radius 1 is 1.44 bits per heavy atom. The van der Waals surface area contributed by atoms with E-state index in [2.05, 4.69) is 10.3 Å². The molecular formula is C13H20N2O3. The molecule has 0 unspecified atom stereocenters. The molecule has 100 valence electrons. The van der Waals surface area contributed by atoms with Crippen LogP contribution in [0.25, 0.3) is 0 Å². The molecule has 0 radical (unpaired) electrons. The highest BCUT2D eigenvalue weighted by molar-refractivity contribution is 5.93. The van der Waals surface area contributed by atoms with Crippen LogP contribution in [0.2, 0.25) is 0 Å². The van der Waals surface area contributed by atoms with Crippen LogP contribution in [0.15, 0.2) is 17.1 Å². The van der Waals surface area contributed by atoms with Crippen LogP contribution in [0.4, 0.5) is 0 Å². The van der Waals surface area contributed by atoms with Crippen molar-refractivity contribution in [3.05, 3.63) is 33.7 Å². The van der Waals surface area contributed by atoms with Gasteiger partial charge in [-0.3, -0.25) is 9.59 Å². The third-order valence-corrected chi connectivity index (χ3v) is 3.20. The molecule has 0 aromatic carbocycles. The molecule has 0 aliphatic heterocycles. The molecule has 3 N–H and O–H groups in total. The molecule has 1 aromatic heterocycles. The van der Waals surface area contributed by atoms with Crippen molar-refractivity contribution in [2.24, 2.45) is 0 Å². The van der Waals surface area contributed by atoms with Crippen LogP contribution in [-0.4, -0.2) is 28.1 Å². The summed E-state index contributed by atoms with van der Waals surface area (Å²) in [5, 5.41) is 12.6. The number of carbonyl (C=O) groups is 1. The molecule has 0 fully saturated rings. The molecular weight excluding hydrogens is 232 g/mol. The van der Waals surface area contributed by atoms with E-state index in [0.717, 1.165) is 0 Å². The molecule has 1 aromatic rings. The van der Waals surface area contributed by atoms with Crippen LogP contribution in [0.1, 0.15) is 42.7 Å². The fourth-order valence-electron chi connectivity index (χ4n) is 1.59. The number of aromatic amines is 1. The molecule has 5 heteroatoms. The molecule has 0 spiro atoms. The van der Waals surface area contributed by atoms with Gasteiger partial charge in [0.15, 0.2) is 5.43 Å². The number of nitrogens with one attached hydrogen (secondary N) is 2. The number of hydrogen-bond acceptors (Lipinski definition) is 3. The summed E-state index contributed by atoms with van der Waals surface area (Å²) in [7, 11) is 0. The first-order valence-corrected chi connectivity index (χ1v) is 6.11. The fraction of sp³-hybridized carbons (Fsp3) is 0.538. The summed E-state index contributed by atoms with van der Waals surface area (Å²) in [6.07, 6.45) is 2.49. The fourth-order valence-corrected chi connectivity index (χ4v) is 1.59. The van der Waals surface area contributed by atoms with Crippen molar-refractivity contribution in [2.75, 3.05) is 6.54 Å². The molecule has 0 aliphatic carbocycles. The van der Waals surface area contributed by atoms with E-state index in [1.807, 2.05) is 13.8 Å². The Bertz CT molecular complexity index is 475. The number of rotatable bonds is 5. The number of pyridine rings is 1. The smallest absolute Gasteiger partial charge is 0.256 e. The summed E-state index contributed by atoms with van der Waals surface area (Å²) in [4.78, 5) is 26.2. The lowest BCUT2D eigenvalue weighted by molar-refractivity contribution is 0.0313. The second-order valence-corrected chi connectivity index (χ2v) is 4.51. The van der Waals surface area contributed by atoms with Gasteiger partial charge in [-0.15, -0.1) is 0 Å². The van der Waals surface area contributed by atoms with Crippen LogP contribution in [0.3, 0.4) is 0 Å². The van der Waals surface area contributed by atoms with E-state index in [4.69, 9.17) is 0 Å². The Morgan fingerprint density at radius 2 is 2.06 bits per heavy atom. The maximum absolute atomic E-state index is 11.8. The molecule has 0 saturated heterocycles. The van der Waals surface area contributed by atoms with Crippen molar-refractivity contribution in [3.8, 4) is 0 Å². The first-order valence-electron chi connectivity index (χ1n) is 6.11. The van der Waals surface area contributed by atoms with E-state index in [9.17, 15) is 14.7 Å². The topological polar surface area (TPSA) is 82.2 Å². The van der Waals surface area contributed by atoms with E-state index >= 15 is 0 Å². The quantitative estimate of drug-likeness (QED) is 0.730. The monoisotopic (exact) mass is 252 g/mol. The number of carbonyl (C=O) groups excluding carboxylic acids is 1. The van der Waals surface area contributed by atoms with E-state index < -0.39 is 11.5 Å². The highest BCUT2D eigenvalue weighted by Crippen LogP contribution is 2.12. The van der Waals surface area contributed by atoms with Gasteiger partial charge in [0.25, 0.3) is 5.91 Å². The van der Waals surface area contributed by atoms with Crippen molar-refractivity contribution < 1.29 is 9.90 Å². The summed E-state index contributed by atoms with van der Waals surface area (Å²) >= 11 is 0. The predicted molar refractivity (Wildman–Crippen MR) is 69.7 cm³/mol. The van der Waals surface area contributed by atoms with Gasteiger partial charge in [0.05, 0.1) is 5.60 Å². The van der Waals surface area contributed by atoms with E-state index in [1.54, 1.807) is 6.92 Å². The van der Waals surface area contributed by atoms with Gasteiger partial charge >= 0.3 is 0 Å². The van der Waals surface area contributed by atoms with Gasteiger partial charge in [0, 0.05) is 24.5 Å². The summed E-state index contributed by atoms with van der Waals surface area (Å²) in [5.41, 5.74) is -0.460. The Hall–Kier alpha value is -1.62. The first-order chi connectivity index (χ1) is 8.41. The number of hydrogen-bond donors (Lipinski definition) is 3. The van der Waals surface area contributed by atoms with Crippen LogP contribution in [0.5, 0.6) is 0 Å². The maximum Gasteiger partial charge on any atom is 0.256 e. The average molecular weight is 252 g/mol. The van der Waals surface area contributed by atoms with E-state index in [1.165, 1.54) is 12.3 Å². The van der Waals surface area contributed by atoms with Gasteiger partial charge in [0.2, 0.25) is 0 Å². The number of aliphatic hydroxyl groups is 1. The number of aromatic nitrogens is 1. The van der Waals surface area contributed by atoms with Crippen LogP contribution in [-0.2, 0) is 0 Å². The largest absolute Gasteiger partial charge is 0.388 e. The lowest BCUT2D eigenvalue weighted by atomic mass is 9.97. The van der Waals surface area contributed by atoms with E-state index in [-0.39, 0.29) is 17.5 Å². The number of aryl methyl sites for hydroxylation is 1. The normalized spacial score (nSPS) is 11.3. The molecule has 1 rings (SSSR count). The zero-order valence-corrected chi connectivity index (χ0v) is 11.0. The predicted octanol–water partition coefficient (Wildman–Crippen LogP) is 0.964. The van der Waals surface area contributed by atoms with Gasteiger partial charge in [-0.1, -0.05) is 13.8 Å². The van der Waals surface area contributed by atoms with Crippen molar-refractivity contribution in [1.29, 1.82) is 0 Å². The van der Waals surface area contributed by atoms with Crippen LogP contribution >= 0.6 is 0 Å². The van der Waals surface area contributed by atoms with Gasteiger partial charge in [-0.2, -0.15) is 0 Å². The number of H-pyrrole nitrogens is 1. The van der Waals surface area contributed by atoms with Crippen molar-refractivity contribution in [2.45, 2.75) is 39.2 Å². The first kappa shape index (κ1) is 14.4. The van der Waals surface area contributed by atoms with Gasteiger partial charge in [-0.25, -0.2) is 0 Å². The molecule has 18 heavy (non-hydrogen) atoms. The van der Waals surface area contributed by atoms with Gasteiger partial charge < -0.3 is 15.4 Å². The molecule has 1 amide bonds. The molecule has 1 heterocycles. The lowest BCUT2D eigenvalue weighted by Gasteiger charge is -2.25. The number of amides is 1. The lowest BCUT2D eigenvalue weighted by Crippen LogP contribution is -2.43. The third kappa shape index (κ3) is 3.43. The summed E-state index contributed by atoms with van der Waals surface area (Å²) in [6.45, 7) is 5.60. The van der Waals surface area contributed by atoms with Crippen molar-refractivity contribution in [1.82, 2.24) is 10.3 Å². The minimum atomic E-state index is -0.910. The minimum Gasteiger partial charge on any atom is -0.388 e. The Kier molecular flexibility index (Phi) is 4.67. The highest BCUT2D eigenvalue weighted by atomic mass is 16.3.